The summed E-state index contributed by atoms with van der Waals surface area (Å²) in [6.45, 7) is 0. The van der Waals surface area contributed by atoms with Gasteiger partial charge in [-0.05, 0) is 12.5 Å². The van der Waals surface area contributed by atoms with Crippen molar-refractivity contribution in [2.75, 3.05) is 0 Å². The number of nitrogens with two attached hydrogens (primary N) is 1. The molecule has 0 saturated heterocycles. The molecule has 0 aliphatic heterocycles. The van der Waals surface area contributed by atoms with Gasteiger partial charge in [-0.3, -0.25) is 0 Å². The monoisotopic (exact) mass is 83.1 g/mol. The summed E-state index contributed by atoms with van der Waals surface area (Å²) in [6.07, 6.45) is 2.60. The summed E-state index contributed by atoms with van der Waals surface area (Å²) in [7, 11) is 2.20. The predicted octanol–water partition coefficient (Wildman–Crippen LogP) is -0.471. The molecule has 6 heavy (non-hydrogen) atoms. The molecule has 0 aromatic rings. The van der Waals surface area contributed by atoms with E-state index in [-0.39, 0.29) is 0 Å². The zero-order valence-corrected chi connectivity index (χ0v) is 4.15. The SMILES string of the molecule is BC1CCC1N. The minimum atomic E-state index is 0.532. The van der Waals surface area contributed by atoms with Gasteiger partial charge in [0.2, 0.25) is 0 Å². The highest BCUT2D eigenvalue weighted by molar-refractivity contribution is 6.12. The molecule has 2 unspecified atom stereocenters. The molecule has 1 rings (SSSR count). The normalized spacial score (nSPS) is 44.8. The fraction of sp³-hybridized carbons (Fsp3) is 1.00. The van der Waals surface area contributed by atoms with Crippen molar-refractivity contribution in [3.05, 3.63) is 0 Å². The van der Waals surface area contributed by atoms with Gasteiger partial charge in [-0.25, -0.2) is 0 Å². The quantitative estimate of drug-likeness (QED) is 0.393. The van der Waals surface area contributed by atoms with Gasteiger partial charge in [0.1, 0.15) is 7.85 Å². The Bertz CT molecular complexity index is 47.5. The fourth-order valence-corrected chi connectivity index (χ4v) is 0.692. The molecule has 1 saturated carbocycles. The average Bonchev–Trinajstić information content (AvgIpc) is 1.61. The minimum absolute atomic E-state index is 0.532. The van der Waals surface area contributed by atoms with Crippen LogP contribution in [-0.4, -0.2) is 13.9 Å². The first-order valence-corrected chi connectivity index (χ1v) is 2.56. The molecule has 2 atom stereocenters. The highest BCUT2D eigenvalue weighted by Gasteiger charge is 2.21. The minimum Gasteiger partial charge on any atom is -0.328 e. The Balaban J connectivity index is 2.20. The van der Waals surface area contributed by atoms with Gasteiger partial charge in [-0.1, -0.05) is 12.2 Å². The molecule has 0 aromatic carbocycles. The lowest BCUT2D eigenvalue weighted by Gasteiger charge is -2.29. The van der Waals surface area contributed by atoms with E-state index in [1.165, 1.54) is 12.8 Å². The lowest BCUT2D eigenvalue weighted by Crippen LogP contribution is -2.34. The van der Waals surface area contributed by atoms with Gasteiger partial charge in [-0.15, -0.1) is 0 Å². The second-order valence-corrected chi connectivity index (χ2v) is 2.22. The van der Waals surface area contributed by atoms with E-state index in [1.807, 2.05) is 0 Å². The Morgan fingerprint density at radius 3 is 2.00 bits per heavy atom. The maximum absolute atomic E-state index is 5.52. The van der Waals surface area contributed by atoms with Gasteiger partial charge in [0.05, 0.1) is 0 Å². The van der Waals surface area contributed by atoms with Gasteiger partial charge in [0.15, 0.2) is 0 Å². The van der Waals surface area contributed by atoms with Crippen molar-refractivity contribution >= 4 is 7.85 Å². The average molecular weight is 82.9 g/mol. The largest absolute Gasteiger partial charge is 0.328 e. The van der Waals surface area contributed by atoms with Crippen LogP contribution in [0.2, 0.25) is 5.82 Å². The van der Waals surface area contributed by atoms with E-state index in [1.54, 1.807) is 0 Å². The zero-order valence-electron chi connectivity index (χ0n) is 4.15. The van der Waals surface area contributed by atoms with Crippen LogP contribution in [0, 0.1) is 0 Å². The van der Waals surface area contributed by atoms with E-state index in [4.69, 9.17) is 5.73 Å². The molecule has 2 N–H and O–H groups in total. The fourth-order valence-electron chi connectivity index (χ4n) is 0.692. The second-order valence-electron chi connectivity index (χ2n) is 2.22. The molecule has 0 amide bonds. The molecular formula is C4H10BN. The molecule has 34 valence electrons. The summed E-state index contributed by atoms with van der Waals surface area (Å²) in [5.41, 5.74) is 5.52. The highest BCUT2D eigenvalue weighted by Crippen LogP contribution is 2.27. The van der Waals surface area contributed by atoms with Crippen LogP contribution in [-0.2, 0) is 0 Å². The number of hydrogen-bond donors (Lipinski definition) is 1. The molecule has 1 fully saturated rings. The first kappa shape index (κ1) is 4.19. The summed E-state index contributed by atoms with van der Waals surface area (Å²) in [5.74, 6) is 0.810. The first-order chi connectivity index (χ1) is 2.80. The maximum atomic E-state index is 5.52. The third kappa shape index (κ3) is 0.452. The van der Waals surface area contributed by atoms with E-state index in [9.17, 15) is 0 Å². The first-order valence-electron chi connectivity index (χ1n) is 2.56. The summed E-state index contributed by atoms with van der Waals surface area (Å²) >= 11 is 0. The molecule has 0 radical (unpaired) electrons. The van der Waals surface area contributed by atoms with Crippen LogP contribution < -0.4 is 5.73 Å². The smallest absolute Gasteiger partial charge is 0.107 e. The molecule has 0 spiro atoms. The topological polar surface area (TPSA) is 26.0 Å². The summed E-state index contributed by atoms with van der Waals surface area (Å²) in [5, 5.41) is 0. The molecule has 1 aliphatic rings. The Morgan fingerprint density at radius 2 is 2.00 bits per heavy atom. The summed E-state index contributed by atoms with van der Waals surface area (Å²) in [6, 6.07) is 0.532. The van der Waals surface area contributed by atoms with E-state index < -0.39 is 0 Å². The van der Waals surface area contributed by atoms with Gasteiger partial charge < -0.3 is 5.73 Å². The van der Waals surface area contributed by atoms with Crippen LogP contribution in [0.25, 0.3) is 0 Å². The lowest BCUT2D eigenvalue weighted by molar-refractivity contribution is 0.418. The Labute approximate surface area is 39.3 Å². The van der Waals surface area contributed by atoms with Crippen LogP contribution in [0.15, 0.2) is 0 Å². The highest BCUT2D eigenvalue weighted by atomic mass is 14.7. The third-order valence-corrected chi connectivity index (χ3v) is 1.69. The van der Waals surface area contributed by atoms with E-state index in [0.717, 1.165) is 5.82 Å². The Morgan fingerprint density at radius 1 is 1.50 bits per heavy atom. The van der Waals surface area contributed by atoms with Gasteiger partial charge in [-0.2, -0.15) is 0 Å². The molecule has 2 heteroatoms. The van der Waals surface area contributed by atoms with Crippen LogP contribution >= 0.6 is 0 Å². The number of rotatable bonds is 0. The molecule has 0 heterocycles. The van der Waals surface area contributed by atoms with Gasteiger partial charge in [0.25, 0.3) is 0 Å². The lowest BCUT2D eigenvalue weighted by atomic mass is 9.67. The molecule has 0 bridgehead atoms. The van der Waals surface area contributed by atoms with Crippen molar-refractivity contribution in [2.24, 2.45) is 5.73 Å². The number of hydrogen-bond acceptors (Lipinski definition) is 1. The summed E-state index contributed by atoms with van der Waals surface area (Å²) in [4.78, 5) is 0. The van der Waals surface area contributed by atoms with Crippen LogP contribution in [0.3, 0.4) is 0 Å². The van der Waals surface area contributed by atoms with E-state index >= 15 is 0 Å². The third-order valence-electron chi connectivity index (χ3n) is 1.69. The van der Waals surface area contributed by atoms with E-state index in [0.29, 0.717) is 6.04 Å². The van der Waals surface area contributed by atoms with E-state index in [2.05, 4.69) is 7.85 Å². The van der Waals surface area contributed by atoms with Crippen LogP contribution in [0.5, 0.6) is 0 Å². The van der Waals surface area contributed by atoms with Gasteiger partial charge in [0, 0.05) is 0 Å². The van der Waals surface area contributed by atoms with Crippen molar-refractivity contribution in [3.8, 4) is 0 Å². The molecular weight excluding hydrogens is 72.9 g/mol. The van der Waals surface area contributed by atoms with Crippen molar-refractivity contribution in [3.63, 3.8) is 0 Å². The molecule has 0 aromatic heterocycles. The maximum Gasteiger partial charge on any atom is 0.107 e. The van der Waals surface area contributed by atoms with Crippen LogP contribution in [0.4, 0.5) is 0 Å². The van der Waals surface area contributed by atoms with Crippen molar-refractivity contribution in [1.29, 1.82) is 0 Å². The van der Waals surface area contributed by atoms with Crippen LogP contribution in [0.1, 0.15) is 12.8 Å². The Hall–Kier alpha value is 0.0249. The Kier molecular flexibility index (Phi) is 0.883. The van der Waals surface area contributed by atoms with Crippen molar-refractivity contribution in [1.82, 2.24) is 0 Å². The second kappa shape index (κ2) is 1.26. The molecule has 1 aliphatic carbocycles. The zero-order chi connectivity index (χ0) is 4.57. The predicted molar refractivity (Wildman–Crippen MR) is 29.5 cm³/mol. The summed E-state index contributed by atoms with van der Waals surface area (Å²) < 4.78 is 0. The van der Waals surface area contributed by atoms with Gasteiger partial charge >= 0.3 is 0 Å². The van der Waals surface area contributed by atoms with Crippen molar-refractivity contribution in [2.45, 2.75) is 24.7 Å². The molecule has 1 nitrogen and oxygen atoms in total. The standard InChI is InChI=1S/C4H10BN/c5-3-1-2-4(3)6/h3-4H,1-2,5-6H2. The van der Waals surface area contributed by atoms with Crippen molar-refractivity contribution < 1.29 is 0 Å².